The molecule has 3 rings (SSSR count). The first-order chi connectivity index (χ1) is 14.5. The molecule has 0 unspecified atom stereocenters. The van der Waals surface area contributed by atoms with E-state index in [1.807, 2.05) is 37.3 Å². The molecule has 0 aliphatic carbocycles. The summed E-state index contributed by atoms with van der Waals surface area (Å²) < 4.78 is 11.5. The Morgan fingerprint density at radius 2 is 1.77 bits per heavy atom. The zero-order valence-corrected chi connectivity index (χ0v) is 16.9. The van der Waals surface area contributed by atoms with E-state index in [2.05, 4.69) is 5.32 Å². The Labute approximate surface area is 178 Å². The van der Waals surface area contributed by atoms with Crippen molar-refractivity contribution in [2.24, 2.45) is 0 Å². The van der Waals surface area contributed by atoms with E-state index in [1.165, 1.54) is 30.3 Å². The largest absolute Gasteiger partial charge is 0.488 e. The van der Waals surface area contributed by atoms with Crippen LogP contribution in [0.4, 0.5) is 11.4 Å². The van der Waals surface area contributed by atoms with Crippen molar-refractivity contribution >= 4 is 28.9 Å². The molecular formula is C22H19ClN2O5. The highest BCUT2D eigenvalue weighted by molar-refractivity contribution is 6.32. The zero-order chi connectivity index (χ0) is 21.5. The number of amides is 1. The minimum atomic E-state index is -0.506. The van der Waals surface area contributed by atoms with Gasteiger partial charge >= 0.3 is 0 Å². The van der Waals surface area contributed by atoms with Gasteiger partial charge in [-0.15, -0.1) is 0 Å². The van der Waals surface area contributed by atoms with Crippen molar-refractivity contribution in [3.8, 4) is 11.5 Å². The van der Waals surface area contributed by atoms with Gasteiger partial charge in [-0.2, -0.15) is 0 Å². The van der Waals surface area contributed by atoms with Gasteiger partial charge in [0.15, 0.2) is 11.5 Å². The molecule has 0 bridgehead atoms. The number of anilines is 1. The minimum absolute atomic E-state index is 0.0614. The number of nitro benzene ring substituents is 1. The van der Waals surface area contributed by atoms with Crippen LogP contribution in [0, 0.1) is 10.1 Å². The number of hydrogen-bond acceptors (Lipinski definition) is 5. The summed E-state index contributed by atoms with van der Waals surface area (Å²) in [5.41, 5.74) is 1.58. The Hall–Kier alpha value is -3.58. The third kappa shape index (κ3) is 5.27. The summed E-state index contributed by atoms with van der Waals surface area (Å²) in [6.45, 7) is 2.49. The topological polar surface area (TPSA) is 90.7 Å². The van der Waals surface area contributed by atoms with E-state index in [0.29, 0.717) is 23.8 Å². The average molecular weight is 427 g/mol. The number of nitrogens with zero attached hydrogens (tertiary/aromatic N) is 1. The standard InChI is InChI=1S/C22H19ClN2O5/c1-2-29-21-19(23)12-16(13-20(21)30-14-15-6-4-3-5-7-15)22(26)24-17-8-10-18(11-9-17)25(27)28/h3-13H,2,14H2,1H3,(H,24,26). The van der Waals surface area contributed by atoms with E-state index >= 15 is 0 Å². The van der Waals surface area contributed by atoms with E-state index in [4.69, 9.17) is 21.1 Å². The molecule has 0 saturated heterocycles. The molecule has 1 amide bonds. The Balaban J connectivity index is 1.82. The van der Waals surface area contributed by atoms with Gasteiger partial charge in [0.1, 0.15) is 6.61 Å². The van der Waals surface area contributed by atoms with Gasteiger partial charge in [0.05, 0.1) is 16.6 Å². The van der Waals surface area contributed by atoms with Crippen LogP contribution in [0.3, 0.4) is 0 Å². The van der Waals surface area contributed by atoms with Gasteiger partial charge in [0.25, 0.3) is 11.6 Å². The maximum atomic E-state index is 12.7. The Bertz CT molecular complexity index is 1040. The fourth-order valence-electron chi connectivity index (χ4n) is 2.70. The van der Waals surface area contributed by atoms with Gasteiger partial charge in [-0.25, -0.2) is 0 Å². The zero-order valence-electron chi connectivity index (χ0n) is 16.1. The summed E-state index contributed by atoms with van der Waals surface area (Å²) in [4.78, 5) is 22.9. The van der Waals surface area contributed by atoms with E-state index in [9.17, 15) is 14.9 Å². The average Bonchev–Trinajstić information content (AvgIpc) is 2.75. The molecule has 0 radical (unpaired) electrons. The lowest BCUT2D eigenvalue weighted by atomic mass is 10.1. The lowest BCUT2D eigenvalue weighted by Gasteiger charge is -2.15. The second-order valence-electron chi connectivity index (χ2n) is 6.25. The summed E-state index contributed by atoms with van der Waals surface area (Å²) >= 11 is 6.34. The number of non-ortho nitro benzene ring substituents is 1. The molecular weight excluding hydrogens is 408 g/mol. The van der Waals surface area contributed by atoms with Gasteiger partial charge in [-0.1, -0.05) is 41.9 Å². The minimum Gasteiger partial charge on any atom is -0.488 e. The second-order valence-corrected chi connectivity index (χ2v) is 6.66. The van der Waals surface area contributed by atoms with Crippen LogP contribution in [0.25, 0.3) is 0 Å². The van der Waals surface area contributed by atoms with Crippen molar-refractivity contribution in [1.29, 1.82) is 0 Å². The number of benzene rings is 3. The molecule has 3 aromatic rings. The molecule has 154 valence electrons. The number of carbonyl (C=O) groups is 1. The van der Waals surface area contributed by atoms with Crippen molar-refractivity contribution in [2.45, 2.75) is 13.5 Å². The van der Waals surface area contributed by atoms with E-state index < -0.39 is 10.8 Å². The van der Waals surface area contributed by atoms with Crippen LogP contribution in [-0.2, 0) is 6.61 Å². The molecule has 30 heavy (non-hydrogen) atoms. The number of halogens is 1. The highest BCUT2D eigenvalue weighted by Gasteiger charge is 2.17. The molecule has 0 heterocycles. The summed E-state index contributed by atoms with van der Waals surface area (Å²) in [5.74, 6) is 0.280. The van der Waals surface area contributed by atoms with Crippen LogP contribution in [0.1, 0.15) is 22.8 Å². The van der Waals surface area contributed by atoms with E-state index in [0.717, 1.165) is 5.56 Å². The molecule has 0 spiro atoms. The molecule has 7 nitrogen and oxygen atoms in total. The van der Waals surface area contributed by atoms with Crippen molar-refractivity contribution < 1.29 is 19.2 Å². The first-order valence-electron chi connectivity index (χ1n) is 9.16. The SMILES string of the molecule is CCOc1c(Cl)cc(C(=O)Nc2ccc([N+](=O)[O-])cc2)cc1OCc1ccccc1. The smallest absolute Gasteiger partial charge is 0.269 e. The van der Waals surface area contributed by atoms with Crippen molar-refractivity contribution in [2.75, 3.05) is 11.9 Å². The predicted octanol–water partition coefficient (Wildman–Crippen LogP) is 5.48. The monoisotopic (exact) mass is 426 g/mol. The molecule has 0 saturated carbocycles. The molecule has 0 fully saturated rings. The number of nitro groups is 1. The summed E-state index contributed by atoms with van der Waals surface area (Å²) in [6, 6.07) is 18.2. The number of rotatable bonds is 8. The lowest BCUT2D eigenvalue weighted by molar-refractivity contribution is -0.384. The lowest BCUT2D eigenvalue weighted by Crippen LogP contribution is -2.12. The number of hydrogen-bond donors (Lipinski definition) is 1. The molecule has 0 atom stereocenters. The van der Waals surface area contributed by atoms with E-state index in [-0.39, 0.29) is 22.9 Å². The summed E-state index contributed by atoms with van der Waals surface area (Å²) in [7, 11) is 0. The Morgan fingerprint density at radius 3 is 2.40 bits per heavy atom. The Morgan fingerprint density at radius 1 is 1.07 bits per heavy atom. The normalized spacial score (nSPS) is 10.3. The summed E-state index contributed by atoms with van der Waals surface area (Å²) in [5, 5.41) is 13.7. The van der Waals surface area contributed by atoms with Gasteiger partial charge in [0.2, 0.25) is 0 Å². The van der Waals surface area contributed by atoms with Crippen LogP contribution >= 0.6 is 11.6 Å². The van der Waals surface area contributed by atoms with Gasteiger partial charge in [0, 0.05) is 23.4 Å². The van der Waals surface area contributed by atoms with Crippen LogP contribution in [0.2, 0.25) is 5.02 Å². The molecule has 0 aromatic heterocycles. The number of carbonyl (C=O) groups excluding carboxylic acids is 1. The van der Waals surface area contributed by atoms with Gasteiger partial charge < -0.3 is 14.8 Å². The quantitative estimate of drug-likeness (QED) is 0.380. The first-order valence-corrected chi connectivity index (χ1v) is 9.54. The van der Waals surface area contributed by atoms with Crippen LogP contribution in [0.5, 0.6) is 11.5 Å². The van der Waals surface area contributed by atoms with Crippen molar-refractivity contribution in [3.63, 3.8) is 0 Å². The maximum Gasteiger partial charge on any atom is 0.269 e. The van der Waals surface area contributed by atoms with Crippen molar-refractivity contribution in [3.05, 3.63) is 93.0 Å². The maximum absolute atomic E-state index is 12.7. The molecule has 8 heteroatoms. The van der Waals surface area contributed by atoms with Crippen LogP contribution < -0.4 is 14.8 Å². The highest BCUT2D eigenvalue weighted by Crippen LogP contribution is 2.37. The van der Waals surface area contributed by atoms with Gasteiger partial charge in [-0.05, 0) is 36.8 Å². The third-order valence-corrected chi connectivity index (χ3v) is 4.41. The second kappa shape index (κ2) is 9.76. The first kappa shape index (κ1) is 21.1. The summed E-state index contributed by atoms with van der Waals surface area (Å²) in [6.07, 6.45) is 0. The molecule has 0 aliphatic rings. The van der Waals surface area contributed by atoms with Gasteiger partial charge in [-0.3, -0.25) is 14.9 Å². The molecule has 3 aromatic carbocycles. The highest BCUT2D eigenvalue weighted by atomic mass is 35.5. The molecule has 0 aliphatic heterocycles. The fourth-order valence-corrected chi connectivity index (χ4v) is 2.96. The number of ether oxygens (including phenoxy) is 2. The number of nitrogens with one attached hydrogen (secondary N) is 1. The predicted molar refractivity (Wildman–Crippen MR) is 114 cm³/mol. The fraction of sp³-hybridized carbons (Fsp3) is 0.136. The Kier molecular flexibility index (Phi) is 6.87. The van der Waals surface area contributed by atoms with E-state index in [1.54, 1.807) is 6.07 Å². The molecule has 1 N–H and O–H groups in total. The van der Waals surface area contributed by atoms with Crippen LogP contribution in [0.15, 0.2) is 66.7 Å². The van der Waals surface area contributed by atoms with Crippen molar-refractivity contribution in [1.82, 2.24) is 0 Å². The van der Waals surface area contributed by atoms with Crippen LogP contribution in [-0.4, -0.2) is 17.4 Å². The third-order valence-electron chi connectivity index (χ3n) is 4.13.